The van der Waals surface area contributed by atoms with Crippen molar-refractivity contribution in [2.24, 2.45) is 0 Å². The summed E-state index contributed by atoms with van der Waals surface area (Å²) in [6.07, 6.45) is 1.95. The number of aryl methyl sites for hydroxylation is 1. The molecule has 2 atom stereocenters. The fraction of sp³-hybridized carbons (Fsp3) is 0.0800. The van der Waals surface area contributed by atoms with Gasteiger partial charge in [-0.3, -0.25) is 9.51 Å². The van der Waals surface area contributed by atoms with Crippen LogP contribution in [0.4, 0.5) is 5.69 Å². The first-order valence-electron chi connectivity index (χ1n) is 9.78. The molecule has 0 bridgehead atoms. The number of aromatic nitrogens is 1. The van der Waals surface area contributed by atoms with E-state index in [0.29, 0.717) is 5.75 Å². The van der Waals surface area contributed by atoms with E-state index in [1.165, 1.54) is 5.56 Å². The topological polar surface area (TPSA) is 74.3 Å². The van der Waals surface area contributed by atoms with Gasteiger partial charge >= 0.3 is 8.25 Å². The number of hydrogen-bond donors (Lipinski definition) is 1. The SMILES string of the molecule is Cc1ccc(C(Nc2ccccc2)c2ccccc2)cn1.O=[P+]([O-])Oc1ccccc1. The minimum absolute atomic E-state index is 0.0988. The Morgan fingerprint density at radius 1 is 0.806 bits per heavy atom. The van der Waals surface area contributed by atoms with Gasteiger partial charge < -0.3 is 10.2 Å². The van der Waals surface area contributed by atoms with Crippen LogP contribution < -0.4 is 14.7 Å². The number of anilines is 1. The third kappa shape index (κ3) is 7.34. The van der Waals surface area contributed by atoms with Gasteiger partial charge in [-0.1, -0.05) is 72.8 Å². The zero-order chi connectivity index (χ0) is 21.9. The highest BCUT2D eigenvalue weighted by Gasteiger charge is 2.14. The monoisotopic (exact) mass is 430 g/mol. The molecule has 156 valence electrons. The third-order valence-electron chi connectivity index (χ3n) is 4.41. The zero-order valence-corrected chi connectivity index (χ0v) is 18.0. The van der Waals surface area contributed by atoms with Gasteiger partial charge in [-0.2, -0.15) is 0 Å². The van der Waals surface area contributed by atoms with E-state index in [2.05, 4.69) is 63.4 Å². The van der Waals surface area contributed by atoms with Crippen LogP contribution in [0.5, 0.6) is 5.75 Å². The van der Waals surface area contributed by atoms with E-state index in [0.717, 1.165) is 16.9 Å². The van der Waals surface area contributed by atoms with Crippen molar-refractivity contribution >= 4 is 13.9 Å². The maximum absolute atomic E-state index is 9.98. The van der Waals surface area contributed by atoms with Gasteiger partial charge in [0.25, 0.3) is 0 Å². The van der Waals surface area contributed by atoms with Crippen molar-refractivity contribution in [1.82, 2.24) is 4.98 Å². The smallest absolute Gasteiger partial charge is 0.539 e. The number of nitrogens with zero attached hydrogens (tertiary/aromatic N) is 1. The average Bonchev–Trinajstić information content (AvgIpc) is 2.80. The van der Waals surface area contributed by atoms with Crippen molar-refractivity contribution < 1.29 is 14.0 Å². The molecule has 1 aromatic heterocycles. The lowest BCUT2D eigenvalue weighted by Gasteiger charge is -2.21. The number of nitrogens with one attached hydrogen (secondary N) is 1. The number of pyridine rings is 1. The quantitative estimate of drug-likeness (QED) is 0.399. The molecule has 0 saturated heterocycles. The molecule has 2 unspecified atom stereocenters. The summed E-state index contributed by atoms with van der Waals surface area (Å²) in [5.41, 5.74) is 4.53. The molecule has 0 saturated carbocycles. The summed E-state index contributed by atoms with van der Waals surface area (Å²) in [5.74, 6) is 0.346. The molecule has 3 aromatic carbocycles. The summed E-state index contributed by atoms with van der Waals surface area (Å²) in [4.78, 5) is 14.4. The summed E-state index contributed by atoms with van der Waals surface area (Å²) in [5, 5.41) is 3.59. The lowest BCUT2D eigenvalue weighted by Crippen LogP contribution is -2.12. The Hall–Kier alpha value is -3.53. The maximum atomic E-state index is 9.98. The number of rotatable bonds is 6. The molecule has 0 amide bonds. The van der Waals surface area contributed by atoms with Crippen molar-refractivity contribution in [2.45, 2.75) is 13.0 Å². The molecule has 0 spiro atoms. The number of para-hydroxylation sites is 2. The highest BCUT2D eigenvalue weighted by Crippen LogP contribution is 2.26. The van der Waals surface area contributed by atoms with Crippen LogP contribution >= 0.6 is 8.25 Å². The van der Waals surface area contributed by atoms with Gasteiger partial charge in [-0.25, -0.2) is 0 Å². The van der Waals surface area contributed by atoms with E-state index in [-0.39, 0.29) is 6.04 Å². The van der Waals surface area contributed by atoms with Crippen molar-refractivity contribution in [1.29, 1.82) is 0 Å². The molecule has 0 fully saturated rings. The Bertz CT molecular complexity index is 1060. The Morgan fingerprint density at radius 3 is 1.94 bits per heavy atom. The van der Waals surface area contributed by atoms with Crippen LogP contribution in [0.1, 0.15) is 22.9 Å². The number of hydrogen-bond acceptors (Lipinski definition) is 5. The molecule has 0 aliphatic carbocycles. The molecule has 31 heavy (non-hydrogen) atoms. The summed E-state index contributed by atoms with van der Waals surface area (Å²) >= 11 is 0. The molecule has 4 rings (SSSR count). The van der Waals surface area contributed by atoms with E-state index >= 15 is 0 Å². The highest BCUT2D eigenvalue weighted by molar-refractivity contribution is 7.31. The standard InChI is InChI=1S/C19H18N2.C6H5O3P/c1-15-12-13-17(14-20-15)19(16-8-4-2-5-9-16)21-18-10-6-3-7-11-18;7-10(8)9-6-4-2-1-3-5-6/h2-14,19,21H,1H3;1-5H. The van der Waals surface area contributed by atoms with Crippen LogP contribution in [0.15, 0.2) is 109 Å². The van der Waals surface area contributed by atoms with E-state index in [4.69, 9.17) is 0 Å². The molecule has 0 aliphatic heterocycles. The Kier molecular flexibility index (Phi) is 8.29. The van der Waals surface area contributed by atoms with Gasteiger partial charge in [0, 0.05) is 17.6 Å². The molecule has 1 heterocycles. The Balaban J connectivity index is 0.000000229. The zero-order valence-electron chi connectivity index (χ0n) is 17.1. The Morgan fingerprint density at radius 2 is 1.39 bits per heavy atom. The van der Waals surface area contributed by atoms with Gasteiger partial charge in [0.2, 0.25) is 0 Å². The fourth-order valence-corrected chi connectivity index (χ4v) is 3.22. The molecule has 5 nitrogen and oxygen atoms in total. The van der Waals surface area contributed by atoms with Gasteiger partial charge in [0.15, 0.2) is 5.75 Å². The van der Waals surface area contributed by atoms with Crippen molar-refractivity contribution in [3.05, 3.63) is 126 Å². The first kappa shape index (κ1) is 22.2. The second-order valence-corrected chi connectivity index (χ2v) is 7.34. The normalized spacial score (nSPS) is 11.5. The predicted molar refractivity (Wildman–Crippen MR) is 122 cm³/mol. The summed E-state index contributed by atoms with van der Waals surface area (Å²) in [6.45, 7) is 2.01. The molecular weight excluding hydrogens is 407 g/mol. The number of benzene rings is 3. The third-order valence-corrected chi connectivity index (χ3v) is 4.77. The van der Waals surface area contributed by atoms with Gasteiger partial charge in [-0.05, 0) is 52.9 Å². The maximum Gasteiger partial charge on any atom is 0.539 e. The molecular formula is C25H23N2O3P. The van der Waals surface area contributed by atoms with E-state index in [9.17, 15) is 9.46 Å². The van der Waals surface area contributed by atoms with E-state index in [1.54, 1.807) is 30.3 Å². The molecule has 0 radical (unpaired) electrons. The van der Waals surface area contributed by atoms with Gasteiger partial charge in [0.1, 0.15) is 0 Å². The molecule has 1 N–H and O–H groups in total. The largest absolute Gasteiger partial charge is 0.558 e. The molecule has 4 aromatic rings. The van der Waals surface area contributed by atoms with Crippen molar-refractivity contribution in [2.75, 3.05) is 5.32 Å². The minimum Gasteiger partial charge on any atom is -0.558 e. The van der Waals surface area contributed by atoms with E-state index < -0.39 is 8.25 Å². The minimum atomic E-state index is -2.78. The fourth-order valence-electron chi connectivity index (χ4n) is 2.92. The second-order valence-electron chi connectivity index (χ2n) is 6.71. The van der Waals surface area contributed by atoms with Crippen LogP contribution in [0, 0.1) is 6.92 Å². The molecule has 6 heteroatoms. The first-order chi connectivity index (χ1) is 15.1. The lowest BCUT2D eigenvalue weighted by molar-refractivity contribution is -0.178. The molecule has 0 aliphatic rings. The van der Waals surface area contributed by atoms with Gasteiger partial charge in [0.05, 0.1) is 6.04 Å². The van der Waals surface area contributed by atoms with E-state index in [1.807, 2.05) is 37.4 Å². The summed E-state index contributed by atoms with van der Waals surface area (Å²) in [7, 11) is -2.78. The first-order valence-corrected chi connectivity index (χ1v) is 10.9. The Labute approximate surface area is 183 Å². The highest BCUT2D eigenvalue weighted by atomic mass is 31.1. The van der Waals surface area contributed by atoms with Crippen LogP contribution in [0.2, 0.25) is 0 Å². The van der Waals surface area contributed by atoms with Crippen LogP contribution in [-0.4, -0.2) is 4.98 Å². The van der Waals surface area contributed by atoms with Gasteiger partial charge in [-0.15, -0.1) is 0 Å². The van der Waals surface area contributed by atoms with Crippen LogP contribution in [0.3, 0.4) is 0 Å². The summed E-state index contributed by atoms with van der Waals surface area (Å²) < 4.78 is 14.4. The lowest BCUT2D eigenvalue weighted by atomic mass is 9.99. The average molecular weight is 430 g/mol. The second kappa shape index (κ2) is 11.6. The van der Waals surface area contributed by atoms with Crippen molar-refractivity contribution in [3.8, 4) is 5.75 Å². The summed E-state index contributed by atoms with van der Waals surface area (Å²) in [6, 6.07) is 33.3. The van der Waals surface area contributed by atoms with Crippen LogP contribution in [0.25, 0.3) is 0 Å². The van der Waals surface area contributed by atoms with Crippen LogP contribution in [-0.2, 0) is 4.57 Å². The predicted octanol–water partition coefficient (Wildman–Crippen LogP) is 5.67. The van der Waals surface area contributed by atoms with Crippen molar-refractivity contribution in [3.63, 3.8) is 0 Å².